The minimum Gasteiger partial charge on any atom is -0.223 e. The van der Waals surface area contributed by atoms with Crippen LogP contribution >= 0.6 is 0 Å². The first-order valence-corrected chi connectivity index (χ1v) is 9.64. The molecule has 1 aliphatic rings. The van der Waals surface area contributed by atoms with Crippen LogP contribution in [0.1, 0.15) is 31.2 Å². The zero-order chi connectivity index (χ0) is 16.9. The molecule has 0 amide bonds. The molecule has 1 unspecified atom stereocenters. The number of benzene rings is 2. The SMILES string of the molecule is O=S(=O)(c1ccccc1)C1(CC#Cc2ccccc2)C=CCCC1. The number of sulfone groups is 1. The molecule has 3 rings (SSSR count). The second-order valence-electron chi connectivity index (χ2n) is 6.02. The molecule has 0 N–H and O–H groups in total. The van der Waals surface area contributed by atoms with Gasteiger partial charge in [0.05, 0.1) is 4.90 Å². The molecular weight excluding hydrogens is 316 g/mol. The zero-order valence-electron chi connectivity index (χ0n) is 13.5. The van der Waals surface area contributed by atoms with Gasteiger partial charge in [0.15, 0.2) is 9.84 Å². The van der Waals surface area contributed by atoms with Gasteiger partial charge in [0, 0.05) is 12.0 Å². The van der Waals surface area contributed by atoms with Gasteiger partial charge in [-0.2, -0.15) is 0 Å². The number of hydrogen-bond donors (Lipinski definition) is 0. The Bertz CT molecular complexity index is 872. The Morgan fingerprint density at radius 1 is 0.958 bits per heavy atom. The van der Waals surface area contributed by atoms with Gasteiger partial charge in [-0.3, -0.25) is 0 Å². The summed E-state index contributed by atoms with van der Waals surface area (Å²) in [6.07, 6.45) is 6.57. The Balaban J connectivity index is 1.96. The summed E-state index contributed by atoms with van der Waals surface area (Å²) in [5, 5.41) is 0. The van der Waals surface area contributed by atoms with Crippen LogP contribution in [0.25, 0.3) is 0 Å². The lowest BCUT2D eigenvalue weighted by atomic mass is 9.92. The topological polar surface area (TPSA) is 34.1 Å². The highest BCUT2D eigenvalue weighted by molar-refractivity contribution is 7.93. The van der Waals surface area contributed by atoms with Crippen molar-refractivity contribution in [3.05, 3.63) is 78.4 Å². The largest absolute Gasteiger partial charge is 0.223 e. The van der Waals surface area contributed by atoms with Crippen LogP contribution in [-0.4, -0.2) is 13.2 Å². The van der Waals surface area contributed by atoms with E-state index >= 15 is 0 Å². The maximum atomic E-state index is 13.2. The molecule has 122 valence electrons. The molecule has 0 heterocycles. The van der Waals surface area contributed by atoms with Gasteiger partial charge >= 0.3 is 0 Å². The van der Waals surface area contributed by atoms with Gasteiger partial charge in [-0.15, -0.1) is 0 Å². The lowest BCUT2D eigenvalue weighted by molar-refractivity contribution is 0.516. The molecule has 24 heavy (non-hydrogen) atoms. The smallest absolute Gasteiger partial charge is 0.188 e. The number of allylic oxidation sites excluding steroid dienone is 1. The van der Waals surface area contributed by atoms with E-state index in [1.807, 2.05) is 48.6 Å². The highest BCUT2D eigenvalue weighted by Crippen LogP contribution is 2.37. The highest BCUT2D eigenvalue weighted by atomic mass is 32.2. The Labute approximate surface area is 144 Å². The van der Waals surface area contributed by atoms with Gasteiger partial charge in [0.1, 0.15) is 4.75 Å². The summed E-state index contributed by atoms with van der Waals surface area (Å²) in [5.74, 6) is 6.20. The van der Waals surface area contributed by atoms with Crippen LogP contribution in [0.2, 0.25) is 0 Å². The molecule has 0 saturated heterocycles. The van der Waals surface area contributed by atoms with Crippen molar-refractivity contribution in [2.75, 3.05) is 0 Å². The van der Waals surface area contributed by atoms with Crippen molar-refractivity contribution < 1.29 is 8.42 Å². The summed E-state index contributed by atoms with van der Waals surface area (Å²) in [6.45, 7) is 0. The van der Waals surface area contributed by atoms with Crippen LogP contribution in [0.4, 0.5) is 0 Å². The van der Waals surface area contributed by atoms with E-state index < -0.39 is 14.6 Å². The summed E-state index contributed by atoms with van der Waals surface area (Å²) >= 11 is 0. The van der Waals surface area contributed by atoms with E-state index in [0.717, 1.165) is 18.4 Å². The number of hydrogen-bond acceptors (Lipinski definition) is 2. The molecule has 0 aromatic heterocycles. The van der Waals surface area contributed by atoms with Gasteiger partial charge in [-0.25, -0.2) is 8.42 Å². The second kappa shape index (κ2) is 7.07. The Hall–Kier alpha value is -2.31. The standard InChI is InChI=1S/C21H20O2S/c22-24(23,20-14-6-2-7-15-20)21(16-8-3-9-17-21)18-10-13-19-11-4-1-5-12-19/h1-2,4-8,11-12,14-16H,3,9,17-18H2. The monoisotopic (exact) mass is 336 g/mol. The molecular formula is C21H20O2S. The van der Waals surface area contributed by atoms with Crippen LogP contribution in [0.3, 0.4) is 0 Å². The van der Waals surface area contributed by atoms with Crippen LogP contribution in [0.5, 0.6) is 0 Å². The third-order valence-corrected chi connectivity index (χ3v) is 6.82. The third-order valence-electron chi connectivity index (χ3n) is 4.38. The van der Waals surface area contributed by atoms with E-state index in [0.29, 0.717) is 17.7 Å². The van der Waals surface area contributed by atoms with Crippen molar-refractivity contribution in [1.82, 2.24) is 0 Å². The predicted octanol–water partition coefficient (Wildman–Crippen LogP) is 4.38. The van der Waals surface area contributed by atoms with Gasteiger partial charge in [0.2, 0.25) is 0 Å². The first kappa shape index (κ1) is 16.5. The lowest BCUT2D eigenvalue weighted by Gasteiger charge is -2.31. The highest BCUT2D eigenvalue weighted by Gasteiger charge is 2.42. The second-order valence-corrected chi connectivity index (χ2v) is 8.31. The van der Waals surface area contributed by atoms with Crippen molar-refractivity contribution in [2.45, 2.75) is 35.3 Å². The molecule has 0 fully saturated rings. The Morgan fingerprint density at radius 3 is 2.25 bits per heavy atom. The molecule has 0 aliphatic heterocycles. The third kappa shape index (κ3) is 3.29. The van der Waals surface area contributed by atoms with Crippen LogP contribution < -0.4 is 0 Å². The zero-order valence-corrected chi connectivity index (χ0v) is 14.3. The molecule has 3 heteroatoms. The van der Waals surface area contributed by atoms with Crippen molar-refractivity contribution in [1.29, 1.82) is 0 Å². The van der Waals surface area contributed by atoms with Crippen molar-refractivity contribution in [3.63, 3.8) is 0 Å². The Morgan fingerprint density at radius 2 is 1.62 bits per heavy atom. The van der Waals surface area contributed by atoms with Crippen LogP contribution in [0, 0.1) is 11.8 Å². The minimum absolute atomic E-state index is 0.315. The predicted molar refractivity (Wildman–Crippen MR) is 97.3 cm³/mol. The van der Waals surface area contributed by atoms with Gasteiger partial charge in [-0.05, 0) is 43.5 Å². The molecule has 1 aliphatic carbocycles. The fourth-order valence-electron chi connectivity index (χ4n) is 3.02. The molecule has 0 spiro atoms. The van der Waals surface area contributed by atoms with Crippen molar-refractivity contribution in [2.24, 2.45) is 0 Å². The summed E-state index contributed by atoms with van der Waals surface area (Å²) in [6, 6.07) is 18.4. The van der Waals surface area contributed by atoms with E-state index in [-0.39, 0.29) is 0 Å². The van der Waals surface area contributed by atoms with E-state index in [2.05, 4.69) is 11.8 Å². The van der Waals surface area contributed by atoms with Crippen molar-refractivity contribution >= 4 is 9.84 Å². The minimum atomic E-state index is -3.47. The van der Waals surface area contributed by atoms with E-state index in [1.54, 1.807) is 24.3 Å². The molecule has 2 nitrogen and oxygen atoms in total. The lowest BCUT2D eigenvalue weighted by Crippen LogP contribution is -2.37. The van der Waals surface area contributed by atoms with Crippen LogP contribution in [0.15, 0.2) is 77.7 Å². The molecule has 0 radical (unpaired) electrons. The molecule has 1 atom stereocenters. The quantitative estimate of drug-likeness (QED) is 0.616. The summed E-state index contributed by atoms with van der Waals surface area (Å²) in [4.78, 5) is 0.373. The molecule has 2 aromatic rings. The van der Waals surface area contributed by atoms with Gasteiger partial charge < -0.3 is 0 Å². The first-order valence-electron chi connectivity index (χ1n) is 8.15. The van der Waals surface area contributed by atoms with Gasteiger partial charge in [-0.1, -0.05) is 60.4 Å². The fourth-order valence-corrected chi connectivity index (χ4v) is 4.95. The average Bonchev–Trinajstić information content (AvgIpc) is 2.64. The van der Waals surface area contributed by atoms with Crippen LogP contribution in [-0.2, 0) is 9.84 Å². The first-order chi connectivity index (χ1) is 11.6. The Kier molecular flexibility index (Phi) is 4.87. The van der Waals surface area contributed by atoms with Gasteiger partial charge in [0.25, 0.3) is 0 Å². The number of rotatable bonds is 3. The van der Waals surface area contributed by atoms with E-state index in [1.165, 1.54) is 0 Å². The molecule has 2 aromatic carbocycles. The molecule has 0 saturated carbocycles. The molecule has 0 bridgehead atoms. The summed E-state index contributed by atoms with van der Waals surface area (Å²) in [5.41, 5.74) is 0.907. The van der Waals surface area contributed by atoms with E-state index in [4.69, 9.17) is 0 Å². The summed E-state index contributed by atoms with van der Waals surface area (Å²) in [7, 11) is -3.47. The normalized spacial score (nSPS) is 20.2. The van der Waals surface area contributed by atoms with Crippen molar-refractivity contribution in [3.8, 4) is 11.8 Å². The maximum Gasteiger partial charge on any atom is 0.188 e. The maximum absolute atomic E-state index is 13.2. The summed E-state index contributed by atoms with van der Waals surface area (Å²) < 4.78 is 25.5. The van der Waals surface area contributed by atoms with E-state index in [9.17, 15) is 8.42 Å². The fraction of sp³-hybridized carbons (Fsp3) is 0.238. The average molecular weight is 336 g/mol.